The Morgan fingerprint density at radius 2 is 2.06 bits per heavy atom. The topological polar surface area (TPSA) is 32.3 Å². The van der Waals surface area contributed by atoms with Gasteiger partial charge in [0.25, 0.3) is 0 Å². The van der Waals surface area contributed by atoms with E-state index in [1.807, 2.05) is 4.90 Å². The van der Waals surface area contributed by atoms with Crippen molar-refractivity contribution >= 4 is 5.91 Å². The Hall–Kier alpha value is -1.42. The van der Waals surface area contributed by atoms with Crippen LogP contribution in [0.5, 0.6) is 0 Å². The standard InChI is InChI=1S/C14H17FN2O/c15-12-3-1-11(2-4-12)7-13(18)17-9-14(10-17)5-6-16-8-14/h1-4,16H,5-10H2. The number of nitrogens with zero attached hydrogens (tertiary/aromatic N) is 1. The molecule has 2 aliphatic heterocycles. The van der Waals surface area contributed by atoms with Gasteiger partial charge < -0.3 is 10.2 Å². The van der Waals surface area contributed by atoms with E-state index in [1.54, 1.807) is 12.1 Å². The molecule has 18 heavy (non-hydrogen) atoms. The molecule has 1 amide bonds. The molecule has 0 radical (unpaired) electrons. The molecule has 2 fully saturated rings. The van der Waals surface area contributed by atoms with Crippen LogP contribution in [0.25, 0.3) is 0 Å². The van der Waals surface area contributed by atoms with Gasteiger partial charge in [0.2, 0.25) is 5.91 Å². The number of hydrogen-bond donors (Lipinski definition) is 1. The van der Waals surface area contributed by atoms with Crippen molar-refractivity contribution in [2.24, 2.45) is 5.41 Å². The third-order valence-corrected chi connectivity index (χ3v) is 4.01. The number of rotatable bonds is 2. The molecule has 0 unspecified atom stereocenters. The van der Waals surface area contributed by atoms with Crippen molar-refractivity contribution < 1.29 is 9.18 Å². The van der Waals surface area contributed by atoms with Gasteiger partial charge in [-0.25, -0.2) is 4.39 Å². The number of halogens is 1. The Balaban J connectivity index is 1.55. The van der Waals surface area contributed by atoms with Gasteiger partial charge in [0.15, 0.2) is 0 Å². The summed E-state index contributed by atoms with van der Waals surface area (Å²) in [7, 11) is 0. The summed E-state index contributed by atoms with van der Waals surface area (Å²) in [5.74, 6) is -0.106. The van der Waals surface area contributed by atoms with E-state index in [-0.39, 0.29) is 11.7 Å². The van der Waals surface area contributed by atoms with Crippen LogP contribution in [-0.2, 0) is 11.2 Å². The first-order valence-corrected chi connectivity index (χ1v) is 6.40. The van der Waals surface area contributed by atoms with Crippen LogP contribution in [-0.4, -0.2) is 37.0 Å². The maximum atomic E-state index is 12.8. The fourth-order valence-corrected chi connectivity index (χ4v) is 2.89. The second kappa shape index (κ2) is 4.35. The molecule has 0 saturated carbocycles. The number of carbonyl (C=O) groups excluding carboxylic acids is 1. The van der Waals surface area contributed by atoms with Crippen LogP contribution >= 0.6 is 0 Å². The Morgan fingerprint density at radius 3 is 2.67 bits per heavy atom. The van der Waals surface area contributed by atoms with E-state index < -0.39 is 0 Å². The molecule has 96 valence electrons. The molecule has 0 atom stereocenters. The molecular formula is C14H17FN2O. The molecule has 1 aromatic carbocycles. The third-order valence-electron chi connectivity index (χ3n) is 4.01. The minimum Gasteiger partial charge on any atom is -0.341 e. The van der Waals surface area contributed by atoms with E-state index in [0.717, 1.165) is 31.7 Å². The lowest BCUT2D eigenvalue weighted by Crippen LogP contribution is -2.59. The van der Waals surface area contributed by atoms with E-state index in [4.69, 9.17) is 0 Å². The summed E-state index contributed by atoms with van der Waals surface area (Å²) in [6, 6.07) is 6.17. The highest BCUT2D eigenvalue weighted by molar-refractivity contribution is 5.79. The lowest BCUT2D eigenvalue weighted by molar-refractivity contribution is -0.141. The molecule has 1 N–H and O–H groups in total. The van der Waals surface area contributed by atoms with Gasteiger partial charge in [-0.1, -0.05) is 12.1 Å². The maximum absolute atomic E-state index is 12.8. The van der Waals surface area contributed by atoms with Gasteiger partial charge in [0.05, 0.1) is 6.42 Å². The Labute approximate surface area is 106 Å². The zero-order chi connectivity index (χ0) is 12.6. The van der Waals surface area contributed by atoms with Crippen LogP contribution in [0.4, 0.5) is 4.39 Å². The molecule has 2 saturated heterocycles. The quantitative estimate of drug-likeness (QED) is 0.852. The molecule has 3 nitrogen and oxygen atoms in total. The summed E-state index contributed by atoms with van der Waals surface area (Å²) >= 11 is 0. The number of carbonyl (C=O) groups is 1. The van der Waals surface area contributed by atoms with E-state index >= 15 is 0 Å². The van der Waals surface area contributed by atoms with Gasteiger partial charge in [0.1, 0.15) is 5.82 Å². The first-order chi connectivity index (χ1) is 8.67. The first kappa shape index (κ1) is 11.7. The van der Waals surface area contributed by atoms with E-state index in [9.17, 15) is 9.18 Å². The summed E-state index contributed by atoms with van der Waals surface area (Å²) in [5.41, 5.74) is 1.23. The van der Waals surface area contributed by atoms with Gasteiger partial charge in [-0.2, -0.15) is 0 Å². The second-order valence-corrected chi connectivity index (χ2v) is 5.48. The highest BCUT2D eigenvalue weighted by Gasteiger charge is 2.46. The van der Waals surface area contributed by atoms with Crippen molar-refractivity contribution in [2.45, 2.75) is 12.8 Å². The minimum absolute atomic E-state index is 0.152. The number of amides is 1. The normalized spacial score (nSPS) is 21.1. The molecule has 1 aromatic rings. The molecule has 3 rings (SSSR count). The second-order valence-electron chi connectivity index (χ2n) is 5.48. The van der Waals surface area contributed by atoms with E-state index in [0.29, 0.717) is 11.8 Å². The van der Waals surface area contributed by atoms with Crippen LogP contribution in [0.3, 0.4) is 0 Å². The summed E-state index contributed by atoms with van der Waals surface area (Å²) < 4.78 is 12.8. The van der Waals surface area contributed by atoms with Crippen molar-refractivity contribution in [3.8, 4) is 0 Å². The maximum Gasteiger partial charge on any atom is 0.227 e. The van der Waals surface area contributed by atoms with Crippen molar-refractivity contribution in [1.29, 1.82) is 0 Å². The molecule has 4 heteroatoms. The summed E-state index contributed by atoms with van der Waals surface area (Å²) in [4.78, 5) is 13.9. The predicted octanol–water partition coefficient (Wildman–Crippen LogP) is 1.19. The number of likely N-dealkylation sites (tertiary alicyclic amines) is 1. The minimum atomic E-state index is -0.258. The SMILES string of the molecule is O=C(Cc1ccc(F)cc1)N1CC2(CCNC2)C1. The molecule has 0 aromatic heterocycles. The van der Waals surface area contributed by atoms with Crippen LogP contribution < -0.4 is 5.32 Å². The van der Waals surface area contributed by atoms with Gasteiger partial charge in [-0.15, -0.1) is 0 Å². The van der Waals surface area contributed by atoms with Crippen molar-refractivity contribution in [2.75, 3.05) is 26.2 Å². The Kier molecular flexibility index (Phi) is 2.82. The predicted molar refractivity (Wildman–Crippen MR) is 66.6 cm³/mol. The smallest absolute Gasteiger partial charge is 0.227 e. The van der Waals surface area contributed by atoms with Gasteiger partial charge >= 0.3 is 0 Å². The molecule has 0 aliphatic carbocycles. The summed E-state index contributed by atoms with van der Waals surface area (Å²) in [6.07, 6.45) is 1.55. The first-order valence-electron chi connectivity index (χ1n) is 6.40. The summed E-state index contributed by atoms with van der Waals surface area (Å²) in [6.45, 7) is 3.85. The average Bonchev–Trinajstić information content (AvgIpc) is 2.79. The third kappa shape index (κ3) is 2.12. The van der Waals surface area contributed by atoms with Gasteiger partial charge in [0, 0.05) is 25.0 Å². The molecule has 1 spiro atoms. The van der Waals surface area contributed by atoms with Crippen LogP contribution in [0.15, 0.2) is 24.3 Å². The summed E-state index contributed by atoms with van der Waals surface area (Å²) in [5, 5.41) is 3.35. The lowest BCUT2D eigenvalue weighted by Gasteiger charge is -2.47. The highest BCUT2D eigenvalue weighted by Crippen LogP contribution is 2.36. The highest BCUT2D eigenvalue weighted by atomic mass is 19.1. The Bertz CT molecular complexity index is 443. The van der Waals surface area contributed by atoms with Gasteiger partial charge in [-0.05, 0) is 30.7 Å². The van der Waals surface area contributed by atoms with Gasteiger partial charge in [-0.3, -0.25) is 4.79 Å². The zero-order valence-electron chi connectivity index (χ0n) is 10.3. The monoisotopic (exact) mass is 248 g/mol. The fourth-order valence-electron chi connectivity index (χ4n) is 2.89. The van der Waals surface area contributed by atoms with Crippen molar-refractivity contribution in [1.82, 2.24) is 10.2 Å². The molecule has 2 heterocycles. The van der Waals surface area contributed by atoms with E-state index in [1.165, 1.54) is 18.6 Å². The van der Waals surface area contributed by atoms with Crippen LogP contribution in [0, 0.1) is 11.2 Å². The van der Waals surface area contributed by atoms with E-state index in [2.05, 4.69) is 5.32 Å². The molecule has 0 bridgehead atoms. The van der Waals surface area contributed by atoms with Crippen molar-refractivity contribution in [3.63, 3.8) is 0 Å². The lowest BCUT2D eigenvalue weighted by atomic mass is 9.79. The number of nitrogens with one attached hydrogen (secondary N) is 1. The average molecular weight is 248 g/mol. The van der Waals surface area contributed by atoms with Crippen LogP contribution in [0.2, 0.25) is 0 Å². The van der Waals surface area contributed by atoms with Crippen LogP contribution in [0.1, 0.15) is 12.0 Å². The zero-order valence-corrected chi connectivity index (χ0v) is 10.3. The van der Waals surface area contributed by atoms with Crippen molar-refractivity contribution in [3.05, 3.63) is 35.6 Å². The number of benzene rings is 1. The fraction of sp³-hybridized carbons (Fsp3) is 0.500. The number of hydrogen-bond acceptors (Lipinski definition) is 2. The molecule has 2 aliphatic rings. The Morgan fingerprint density at radius 1 is 1.33 bits per heavy atom. The molecular weight excluding hydrogens is 231 g/mol. The largest absolute Gasteiger partial charge is 0.341 e.